The van der Waals surface area contributed by atoms with Crippen LogP contribution in [0.1, 0.15) is 11.7 Å². The van der Waals surface area contributed by atoms with Crippen molar-refractivity contribution in [1.29, 1.82) is 0 Å². The van der Waals surface area contributed by atoms with Gasteiger partial charge >= 0.3 is 0 Å². The second-order valence-electron chi connectivity index (χ2n) is 5.82. The van der Waals surface area contributed by atoms with E-state index in [0.29, 0.717) is 35.4 Å². The van der Waals surface area contributed by atoms with Gasteiger partial charge in [-0.15, -0.1) is 0 Å². The highest BCUT2D eigenvalue weighted by Crippen LogP contribution is 2.26. The predicted octanol–water partition coefficient (Wildman–Crippen LogP) is 4.14. The Hall–Kier alpha value is -1.66. The number of hydrogen-bond acceptors (Lipinski definition) is 3. The number of ether oxygens (including phenoxy) is 1. The molecule has 0 saturated carbocycles. The number of anilines is 1. The minimum Gasteiger partial charge on any atom is -0.371 e. The maximum absolute atomic E-state index is 13.0. The average molecular weight is 383 g/mol. The molecule has 1 atom stereocenters. The van der Waals surface area contributed by atoms with Gasteiger partial charge in [0.25, 0.3) is 0 Å². The zero-order valence-electron chi connectivity index (χ0n) is 13.3. The number of hydrogen-bond donors (Lipinski definition) is 1. The van der Waals surface area contributed by atoms with E-state index in [2.05, 4.69) is 5.32 Å². The van der Waals surface area contributed by atoms with Crippen molar-refractivity contribution < 1.29 is 13.9 Å². The van der Waals surface area contributed by atoms with Gasteiger partial charge in [0.2, 0.25) is 5.91 Å². The Balaban J connectivity index is 1.59. The second kappa shape index (κ2) is 8.15. The summed E-state index contributed by atoms with van der Waals surface area (Å²) >= 11 is 12.0. The van der Waals surface area contributed by atoms with Crippen molar-refractivity contribution in [2.45, 2.75) is 6.10 Å². The van der Waals surface area contributed by atoms with E-state index in [0.717, 1.165) is 5.56 Å². The van der Waals surface area contributed by atoms with E-state index in [1.807, 2.05) is 4.90 Å². The zero-order valence-corrected chi connectivity index (χ0v) is 14.9. The fourth-order valence-corrected chi connectivity index (χ4v) is 3.05. The monoisotopic (exact) mass is 382 g/mol. The van der Waals surface area contributed by atoms with Gasteiger partial charge in [-0.2, -0.15) is 0 Å². The molecule has 2 aromatic rings. The second-order valence-corrected chi connectivity index (χ2v) is 6.66. The van der Waals surface area contributed by atoms with Crippen molar-refractivity contribution in [1.82, 2.24) is 4.90 Å². The molecule has 0 aliphatic carbocycles. The topological polar surface area (TPSA) is 41.6 Å². The molecule has 1 N–H and O–H groups in total. The fraction of sp³-hybridized carbons (Fsp3) is 0.278. The van der Waals surface area contributed by atoms with Crippen molar-refractivity contribution in [3.05, 3.63) is 63.9 Å². The highest BCUT2D eigenvalue weighted by molar-refractivity contribution is 6.35. The molecule has 1 amide bonds. The van der Waals surface area contributed by atoms with Crippen molar-refractivity contribution >= 4 is 34.8 Å². The van der Waals surface area contributed by atoms with Gasteiger partial charge in [-0.1, -0.05) is 35.3 Å². The first-order chi connectivity index (χ1) is 12.0. The molecule has 0 bridgehead atoms. The van der Waals surface area contributed by atoms with E-state index in [9.17, 15) is 9.18 Å². The summed E-state index contributed by atoms with van der Waals surface area (Å²) in [5, 5.41) is 3.71. The summed E-state index contributed by atoms with van der Waals surface area (Å²) in [6, 6.07) is 11.1. The molecule has 4 nitrogen and oxygen atoms in total. The molecule has 1 heterocycles. The molecule has 7 heteroatoms. The number of morpholine rings is 1. The van der Waals surface area contributed by atoms with Crippen molar-refractivity contribution in [2.24, 2.45) is 0 Å². The van der Waals surface area contributed by atoms with Crippen LogP contribution in [-0.2, 0) is 9.53 Å². The molecule has 1 saturated heterocycles. The van der Waals surface area contributed by atoms with Crippen molar-refractivity contribution in [3.63, 3.8) is 0 Å². The Morgan fingerprint density at radius 2 is 2.00 bits per heavy atom. The lowest BCUT2D eigenvalue weighted by molar-refractivity contribution is -0.119. The van der Waals surface area contributed by atoms with Crippen LogP contribution < -0.4 is 5.32 Å². The number of benzene rings is 2. The normalized spacial score (nSPS) is 18.1. The third kappa shape index (κ3) is 4.92. The van der Waals surface area contributed by atoms with Crippen LogP contribution in [0.5, 0.6) is 0 Å². The van der Waals surface area contributed by atoms with E-state index in [1.54, 1.807) is 30.3 Å². The lowest BCUT2D eigenvalue weighted by Gasteiger charge is -2.32. The van der Waals surface area contributed by atoms with Gasteiger partial charge in [-0.25, -0.2) is 4.39 Å². The van der Waals surface area contributed by atoms with Crippen LogP contribution in [0.2, 0.25) is 10.0 Å². The summed E-state index contributed by atoms with van der Waals surface area (Å²) in [4.78, 5) is 14.3. The first-order valence-corrected chi connectivity index (χ1v) is 8.61. The van der Waals surface area contributed by atoms with E-state index < -0.39 is 0 Å². The molecule has 1 aliphatic rings. The molecule has 3 rings (SSSR count). The van der Waals surface area contributed by atoms with Crippen molar-refractivity contribution in [2.75, 3.05) is 31.6 Å². The number of amides is 1. The number of halogens is 3. The molecule has 0 spiro atoms. The number of nitrogens with zero attached hydrogens (tertiary/aromatic N) is 1. The van der Waals surface area contributed by atoms with Crippen LogP contribution in [0.15, 0.2) is 42.5 Å². The van der Waals surface area contributed by atoms with Crippen molar-refractivity contribution in [3.8, 4) is 0 Å². The smallest absolute Gasteiger partial charge is 0.238 e. The zero-order chi connectivity index (χ0) is 17.8. The van der Waals surface area contributed by atoms with Gasteiger partial charge in [-0.05, 0) is 35.9 Å². The predicted molar refractivity (Wildman–Crippen MR) is 96.6 cm³/mol. The molecule has 1 aliphatic heterocycles. The van der Waals surface area contributed by atoms with Gasteiger partial charge < -0.3 is 10.1 Å². The Kier molecular flexibility index (Phi) is 5.91. The van der Waals surface area contributed by atoms with Crippen LogP contribution in [0.4, 0.5) is 10.1 Å². The summed E-state index contributed by atoms with van der Waals surface area (Å²) < 4.78 is 18.8. The van der Waals surface area contributed by atoms with E-state index in [1.165, 1.54) is 12.1 Å². The SMILES string of the molecule is O=C(CN1CCOC(c2ccc(F)cc2)C1)Nc1cc(Cl)ccc1Cl. The van der Waals surface area contributed by atoms with E-state index in [4.69, 9.17) is 27.9 Å². The Morgan fingerprint density at radius 1 is 1.24 bits per heavy atom. The molecule has 1 unspecified atom stereocenters. The third-order valence-corrected chi connectivity index (χ3v) is 4.53. The number of nitrogens with one attached hydrogen (secondary N) is 1. The van der Waals surface area contributed by atoms with Gasteiger partial charge in [-0.3, -0.25) is 9.69 Å². The van der Waals surface area contributed by atoms with Crippen LogP contribution in [-0.4, -0.2) is 37.0 Å². The molecule has 0 aromatic heterocycles. The van der Waals surface area contributed by atoms with Gasteiger partial charge in [0, 0.05) is 18.1 Å². The summed E-state index contributed by atoms with van der Waals surface area (Å²) in [5.74, 6) is -0.460. The minimum atomic E-state index is -0.283. The van der Waals surface area contributed by atoms with Crippen LogP contribution in [0.25, 0.3) is 0 Å². The molecular formula is C18H17Cl2FN2O2. The Morgan fingerprint density at radius 3 is 2.76 bits per heavy atom. The average Bonchev–Trinajstić information content (AvgIpc) is 2.59. The summed E-state index contributed by atoms with van der Waals surface area (Å²) in [6.07, 6.45) is -0.183. The molecule has 0 radical (unpaired) electrons. The maximum Gasteiger partial charge on any atom is 0.238 e. The lowest BCUT2D eigenvalue weighted by Crippen LogP contribution is -2.42. The molecule has 132 valence electrons. The number of carbonyl (C=O) groups excluding carboxylic acids is 1. The molecular weight excluding hydrogens is 366 g/mol. The summed E-state index contributed by atoms with van der Waals surface area (Å²) in [5.41, 5.74) is 1.38. The maximum atomic E-state index is 13.0. The third-order valence-electron chi connectivity index (χ3n) is 3.96. The molecule has 25 heavy (non-hydrogen) atoms. The molecule has 1 fully saturated rings. The van der Waals surface area contributed by atoms with Gasteiger partial charge in [0.1, 0.15) is 5.82 Å². The quantitative estimate of drug-likeness (QED) is 0.863. The van der Waals surface area contributed by atoms with E-state index in [-0.39, 0.29) is 24.4 Å². The number of carbonyl (C=O) groups is 1. The Bertz CT molecular complexity index is 755. The standard InChI is InChI=1S/C18H17Cl2FN2O2/c19-13-3-6-15(20)16(9-13)22-18(24)11-23-7-8-25-17(10-23)12-1-4-14(21)5-2-12/h1-6,9,17H,7-8,10-11H2,(H,22,24). The Labute approximate surface area is 155 Å². The van der Waals surface area contributed by atoms with Crippen LogP contribution >= 0.6 is 23.2 Å². The van der Waals surface area contributed by atoms with Crippen LogP contribution in [0.3, 0.4) is 0 Å². The van der Waals surface area contributed by atoms with E-state index >= 15 is 0 Å². The highest BCUT2D eigenvalue weighted by atomic mass is 35.5. The summed E-state index contributed by atoms with van der Waals surface area (Å²) in [6.45, 7) is 1.92. The first-order valence-electron chi connectivity index (χ1n) is 7.85. The summed E-state index contributed by atoms with van der Waals surface area (Å²) in [7, 11) is 0. The highest BCUT2D eigenvalue weighted by Gasteiger charge is 2.23. The van der Waals surface area contributed by atoms with Gasteiger partial charge in [0.15, 0.2) is 0 Å². The lowest BCUT2D eigenvalue weighted by atomic mass is 10.1. The fourth-order valence-electron chi connectivity index (χ4n) is 2.71. The molecule has 2 aromatic carbocycles. The minimum absolute atomic E-state index is 0.177. The van der Waals surface area contributed by atoms with Gasteiger partial charge in [0.05, 0.1) is 30.0 Å². The number of rotatable bonds is 4. The largest absolute Gasteiger partial charge is 0.371 e. The van der Waals surface area contributed by atoms with Crippen LogP contribution in [0, 0.1) is 5.82 Å². The first kappa shape index (κ1) is 18.1.